The lowest BCUT2D eigenvalue weighted by molar-refractivity contribution is -0.136. The third-order valence-corrected chi connectivity index (χ3v) is 6.34. The second kappa shape index (κ2) is 9.23. The molecule has 2 aliphatic heterocycles. The Morgan fingerprint density at radius 1 is 1.22 bits per heavy atom. The van der Waals surface area contributed by atoms with Crippen LogP contribution in [0.3, 0.4) is 0 Å². The van der Waals surface area contributed by atoms with Gasteiger partial charge >= 0.3 is 11.8 Å². The molecule has 0 saturated carbocycles. The number of benzene rings is 1. The summed E-state index contributed by atoms with van der Waals surface area (Å²) < 4.78 is 18.6. The van der Waals surface area contributed by atoms with Gasteiger partial charge in [-0.25, -0.2) is 4.39 Å². The highest BCUT2D eigenvalue weighted by Crippen LogP contribution is 2.32. The summed E-state index contributed by atoms with van der Waals surface area (Å²) in [4.78, 5) is 26.8. The monoisotopic (exact) mass is 415 g/mol. The second-order valence-corrected chi connectivity index (χ2v) is 8.33. The van der Waals surface area contributed by atoms with Gasteiger partial charge in [0.25, 0.3) is 0 Å². The third kappa shape index (κ3) is 5.13. The molecule has 2 fully saturated rings. The van der Waals surface area contributed by atoms with E-state index in [9.17, 15) is 14.0 Å². The van der Waals surface area contributed by atoms with Crippen LogP contribution in [-0.2, 0) is 14.3 Å². The van der Waals surface area contributed by atoms with Gasteiger partial charge in [0.1, 0.15) is 5.82 Å². The molecule has 2 aliphatic rings. The minimum Gasteiger partial charge on any atom is -0.379 e. The van der Waals surface area contributed by atoms with E-state index in [1.54, 1.807) is 0 Å². The normalized spacial score (nSPS) is 20.1. The second-order valence-electron chi connectivity index (χ2n) is 6.70. The summed E-state index contributed by atoms with van der Waals surface area (Å²) in [7, 11) is 0. The number of amides is 2. The number of morpholine rings is 1. The Hall–Kier alpha value is -1.35. The van der Waals surface area contributed by atoms with Gasteiger partial charge in [0.2, 0.25) is 0 Å². The fraction of sp³-hybridized carbons (Fsp3) is 0.556. The Balaban J connectivity index is 1.59. The first-order chi connectivity index (χ1) is 13.0. The van der Waals surface area contributed by atoms with Gasteiger partial charge in [-0.05, 0) is 42.5 Å². The van der Waals surface area contributed by atoms with Crippen molar-refractivity contribution in [1.29, 1.82) is 0 Å². The zero-order chi connectivity index (χ0) is 19.3. The number of nitrogens with zero attached hydrogens (tertiary/aromatic N) is 1. The van der Waals surface area contributed by atoms with Crippen LogP contribution in [0.25, 0.3) is 0 Å². The number of carbonyl (C=O) groups excluding carboxylic acids is 2. The van der Waals surface area contributed by atoms with Crippen LogP contribution in [0.15, 0.2) is 18.2 Å². The summed E-state index contributed by atoms with van der Waals surface area (Å²) >= 11 is 7.61. The van der Waals surface area contributed by atoms with Crippen LogP contribution in [0, 0.1) is 5.82 Å². The number of ether oxygens (including phenoxy) is 1. The molecule has 0 radical (unpaired) electrons. The number of hydrogen-bond acceptors (Lipinski definition) is 5. The first-order valence-electron chi connectivity index (χ1n) is 8.95. The summed E-state index contributed by atoms with van der Waals surface area (Å²) in [5, 5.41) is 5.12. The third-order valence-electron chi connectivity index (χ3n) is 5.07. The summed E-state index contributed by atoms with van der Waals surface area (Å²) in [6.45, 7) is 3.47. The van der Waals surface area contributed by atoms with Gasteiger partial charge in [-0.2, -0.15) is 11.8 Å². The Morgan fingerprint density at radius 3 is 2.59 bits per heavy atom. The molecule has 0 aromatic heterocycles. The number of nitrogens with one attached hydrogen (secondary N) is 2. The summed E-state index contributed by atoms with van der Waals surface area (Å²) in [5.41, 5.74) is 0.142. The molecule has 0 bridgehead atoms. The molecule has 0 spiro atoms. The lowest BCUT2D eigenvalue weighted by Gasteiger charge is -2.47. The van der Waals surface area contributed by atoms with E-state index in [0.29, 0.717) is 19.8 Å². The van der Waals surface area contributed by atoms with Crippen molar-refractivity contribution in [2.24, 2.45) is 0 Å². The maximum absolute atomic E-state index is 13.2. The Morgan fingerprint density at radius 2 is 1.93 bits per heavy atom. The molecule has 9 heteroatoms. The SMILES string of the molecule is O=C(NCC1(N2CCOCC2)CCSCC1)C(=O)Nc1ccc(F)c(Cl)c1. The molecule has 27 heavy (non-hydrogen) atoms. The molecule has 2 N–H and O–H groups in total. The Labute approximate surface area is 167 Å². The minimum absolute atomic E-state index is 0.112. The molecule has 148 valence electrons. The van der Waals surface area contributed by atoms with Crippen LogP contribution in [-0.4, -0.2) is 66.6 Å². The standard InChI is InChI=1S/C18H23ClFN3O3S/c19-14-11-13(1-2-15(14)20)22-17(25)16(24)21-12-18(3-9-27-10-4-18)23-5-7-26-8-6-23/h1-2,11H,3-10,12H2,(H,21,24)(H,22,25). The lowest BCUT2D eigenvalue weighted by Crippen LogP contribution is -2.61. The predicted molar refractivity (Wildman–Crippen MR) is 105 cm³/mol. The molecule has 2 saturated heterocycles. The van der Waals surface area contributed by atoms with E-state index < -0.39 is 17.6 Å². The van der Waals surface area contributed by atoms with Gasteiger partial charge in [-0.15, -0.1) is 0 Å². The van der Waals surface area contributed by atoms with Gasteiger partial charge in [0, 0.05) is 30.9 Å². The molecule has 6 nitrogen and oxygen atoms in total. The van der Waals surface area contributed by atoms with Crippen molar-refractivity contribution in [3.63, 3.8) is 0 Å². The molecular formula is C18H23ClFN3O3S. The number of carbonyl (C=O) groups is 2. The molecule has 0 atom stereocenters. The number of rotatable bonds is 4. The van der Waals surface area contributed by atoms with Gasteiger partial charge in [0.05, 0.1) is 18.2 Å². The topological polar surface area (TPSA) is 70.7 Å². The molecule has 2 heterocycles. The smallest absolute Gasteiger partial charge is 0.313 e. The van der Waals surface area contributed by atoms with Gasteiger partial charge in [0.15, 0.2) is 0 Å². The van der Waals surface area contributed by atoms with Crippen molar-refractivity contribution in [2.75, 3.05) is 49.7 Å². The van der Waals surface area contributed by atoms with E-state index in [4.69, 9.17) is 16.3 Å². The minimum atomic E-state index is -0.792. The van der Waals surface area contributed by atoms with Crippen LogP contribution in [0.1, 0.15) is 12.8 Å². The molecule has 2 amide bonds. The maximum Gasteiger partial charge on any atom is 0.313 e. The quantitative estimate of drug-likeness (QED) is 0.737. The van der Waals surface area contributed by atoms with E-state index >= 15 is 0 Å². The van der Waals surface area contributed by atoms with Crippen molar-refractivity contribution >= 4 is 40.9 Å². The summed E-state index contributed by atoms with van der Waals surface area (Å²) in [5.74, 6) is -0.0101. The highest BCUT2D eigenvalue weighted by molar-refractivity contribution is 7.99. The molecule has 0 unspecified atom stereocenters. The van der Waals surface area contributed by atoms with E-state index in [1.165, 1.54) is 12.1 Å². The van der Waals surface area contributed by atoms with Gasteiger partial charge < -0.3 is 15.4 Å². The fourth-order valence-electron chi connectivity index (χ4n) is 3.48. The molecule has 1 aromatic rings. The number of anilines is 1. The fourth-order valence-corrected chi connectivity index (χ4v) is 4.91. The first-order valence-corrected chi connectivity index (χ1v) is 10.5. The van der Waals surface area contributed by atoms with E-state index in [1.807, 2.05) is 11.8 Å². The van der Waals surface area contributed by atoms with Gasteiger partial charge in [-0.1, -0.05) is 11.6 Å². The highest BCUT2D eigenvalue weighted by atomic mass is 35.5. The average molecular weight is 416 g/mol. The van der Waals surface area contributed by atoms with Crippen molar-refractivity contribution in [1.82, 2.24) is 10.2 Å². The molecular weight excluding hydrogens is 393 g/mol. The van der Waals surface area contributed by atoms with Crippen LogP contribution >= 0.6 is 23.4 Å². The number of hydrogen-bond donors (Lipinski definition) is 2. The van der Waals surface area contributed by atoms with E-state index in [0.717, 1.165) is 43.5 Å². The molecule has 3 rings (SSSR count). The molecule has 1 aromatic carbocycles. The Kier molecular flexibility index (Phi) is 6.97. The van der Waals surface area contributed by atoms with Crippen LogP contribution < -0.4 is 10.6 Å². The van der Waals surface area contributed by atoms with Gasteiger partial charge in [-0.3, -0.25) is 14.5 Å². The van der Waals surface area contributed by atoms with Crippen molar-refractivity contribution < 1.29 is 18.7 Å². The first kappa shape index (κ1) is 20.4. The number of halogens is 2. The van der Waals surface area contributed by atoms with Crippen molar-refractivity contribution in [2.45, 2.75) is 18.4 Å². The van der Waals surface area contributed by atoms with Crippen LogP contribution in [0.5, 0.6) is 0 Å². The summed E-state index contributed by atoms with van der Waals surface area (Å²) in [6.07, 6.45) is 1.93. The van der Waals surface area contributed by atoms with E-state index in [-0.39, 0.29) is 16.2 Å². The zero-order valence-corrected chi connectivity index (χ0v) is 16.5. The summed E-state index contributed by atoms with van der Waals surface area (Å²) in [6, 6.07) is 3.78. The maximum atomic E-state index is 13.2. The highest BCUT2D eigenvalue weighted by Gasteiger charge is 2.39. The number of thioether (sulfide) groups is 1. The zero-order valence-electron chi connectivity index (χ0n) is 14.9. The van der Waals surface area contributed by atoms with Crippen LogP contribution in [0.2, 0.25) is 5.02 Å². The largest absolute Gasteiger partial charge is 0.379 e. The van der Waals surface area contributed by atoms with Crippen molar-refractivity contribution in [3.05, 3.63) is 29.0 Å². The predicted octanol–water partition coefficient (Wildman–Crippen LogP) is 2.13. The molecule has 0 aliphatic carbocycles. The average Bonchev–Trinajstić information content (AvgIpc) is 2.70. The van der Waals surface area contributed by atoms with Crippen LogP contribution in [0.4, 0.5) is 10.1 Å². The lowest BCUT2D eigenvalue weighted by atomic mass is 9.89. The Bertz CT molecular complexity index is 694. The van der Waals surface area contributed by atoms with E-state index in [2.05, 4.69) is 15.5 Å². The van der Waals surface area contributed by atoms with Crippen molar-refractivity contribution in [3.8, 4) is 0 Å².